The molecule has 4 N–H and O–H groups in total. The van der Waals surface area contributed by atoms with Gasteiger partial charge in [-0.25, -0.2) is 10.8 Å². The van der Waals surface area contributed by atoms with E-state index in [0.29, 0.717) is 16.4 Å². The van der Waals surface area contributed by atoms with Gasteiger partial charge >= 0.3 is 0 Å². The number of nitrogens with two attached hydrogens (primary N) is 1. The quantitative estimate of drug-likeness (QED) is 0.449. The van der Waals surface area contributed by atoms with Gasteiger partial charge in [-0.05, 0) is 30.3 Å². The number of carbonyl (C=O) groups is 1. The highest BCUT2D eigenvalue weighted by atomic mass is 35.5. The van der Waals surface area contributed by atoms with Crippen molar-refractivity contribution >= 4 is 29.0 Å². The zero-order valence-electron chi connectivity index (χ0n) is 9.35. The van der Waals surface area contributed by atoms with Crippen LogP contribution in [-0.2, 0) is 0 Å². The first-order chi connectivity index (χ1) is 8.70. The van der Waals surface area contributed by atoms with Crippen LogP contribution in [0.25, 0.3) is 0 Å². The Morgan fingerprint density at radius 3 is 2.83 bits per heavy atom. The highest BCUT2D eigenvalue weighted by Crippen LogP contribution is 2.21. The minimum absolute atomic E-state index is 0.361. The Hall–Kier alpha value is -2.11. The van der Waals surface area contributed by atoms with Crippen molar-refractivity contribution in [1.29, 1.82) is 0 Å². The number of hydrazine groups is 1. The van der Waals surface area contributed by atoms with Crippen molar-refractivity contribution in [3.05, 3.63) is 53.2 Å². The zero-order chi connectivity index (χ0) is 13.0. The van der Waals surface area contributed by atoms with Crippen molar-refractivity contribution in [2.75, 3.05) is 5.32 Å². The van der Waals surface area contributed by atoms with E-state index in [1.54, 1.807) is 36.5 Å². The lowest BCUT2D eigenvalue weighted by atomic mass is 10.2. The van der Waals surface area contributed by atoms with Crippen molar-refractivity contribution in [1.82, 2.24) is 10.4 Å². The third kappa shape index (κ3) is 2.77. The van der Waals surface area contributed by atoms with Gasteiger partial charge in [-0.15, -0.1) is 0 Å². The molecule has 1 aromatic heterocycles. The maximum atomic E-state index is 11.5. The Balaban J connectivity index is 2.32. The Morgan fingerprint density at radius 2 is 2.11 bits per heavy atom. The number of aromatic nitrogens is 1. The summed E-state index contributed by atoms with van der Waals surface area (Å²) in [5.41, 5.74) is 3.18. The summed E-state index contributed by atoms with van der Waals surface area (Å²) in [6.07, 6.45) is 1.58. The van der Waals surface area contributed by atoms with Crippen LogP contribution in [0.4, 0.5) is 11.5 Å². The number of nitrogen functional groups attached to an aromatic ring is 1. The van der Waals surface area contributed by atoms with E-state index in [1.165, 1.54) is 0 Å². The Kier molecular flexibility index (Phi) is 3.76. The lowest BCUT2D eigenvalue weighted by molar-refractivity contribution is 0.0954. The molecule has 1 heterocycles. The second-order valence-electron chi connectivity index (χ2n) is 3.51. The molecular weight excluding hydrogens is 252 g/mol. The van der Waals surface area contributed by atoms with E-state index >= 15 is 0 Å². The van der Waals surface area contributed by atoms with Gasteiger partial charge in [-0.2, -0.15) is 0 Å². The van der Waals surface area contributed by atoms with E-state index in [9.17, 15) is 4.79 Å². The molecule has 0 aliphatic heterocycles. The normalized spacial score (nSPS) is 9.89. The summed E-state index contributed by atoms with van der Waals surface area (Å²) in [5.74, 6) is 5.12. The number of nitrogens with zero attached hydrogens (tertiary/aromatic N) is 1. The standard InChI is InChI=1S/C12H11ClN4O/c13-8-3-1-4-9(7-8)16-11-10(12(18)17-14)5-2-6-15-11/h1-7H,14H2,(H,15,16)(H,17,18). The highest BCUT2D eigenvalue weighted by Gasteiger charge is 2.10. The lowest BCUT2D eigenvalue weighted by Gasteiger charge is -2.09. The predicted molar refractivity (Wildman–Crippen MR) is 70.6 cm³/mol. The van der Waals surface area contributed by atoms with Crippen molar-refractivity contribution in [3.8, 4) is 0 Å². The topological polar surface area (TPSA) is 80.0 Å². The molecule has 1 aromatic carbocycles. The molecule has 2 rings (SSSR count). The van der Waals surface area contributed by atoms with Gasteiger partial charge in [0.15, 0.2) is 0 Å². The van der Waals surface area contributed by atoms with Crippen LogP contribution in [0.5, 0.6) is 0 Å². The van der Waals surface area contributed by atoms with Crippen LogP contribution in [-0.4, -0.2) is 10.9 Å². The summed E-state index contributed by atoms with van der Waals surface area (Å²) >= 11 is 5.88. The van der Waals surface area contributed by atoms with E-state index in [4.69, 9.17) is 17.4 Å². The van der Waals surface area contributed by atoms with E-state index < -0.39 is 5.91 Å². The number of carbonyl (C=O) groups excluding carboxylic acids is 1. The number of nitrogens with one attached hydrogen (secondary N) is 2. The first-order valence-electron chi connectivity index (χ1n) is 5.19. The predicted octanol–water partition coefficient (Wildman–Crippen LogP) is 2.08. The minimum atomic E-state index is -0.410. The minimum Gasteiger partial charge on any atom is -0.340 e. The van der Waals surface area contributed by atoms with Gasteiger partial charge in [-0.1, -0.05) is 17.7 Å². The average Bonchev–Trinajstić information content (AvgIpc) is 2.38. The number of amides is 1. The van der Waals surface area contributed by atoms with Crippen molar-refractivity contribution < 1.29 is 4.79 Å². The fourth-order valence-corrected chi connectivity index (χ4v) is 1.66. The molecule has 0 aliphatic carbocycles. The zero-order valence-corrected chi connectivity index (χ0v) is 10.1. The van der Waals surface area contributed by atoms with E-state index in [2.05, 4.69) is 15.7 Å². The maximum absolute atomic E-state index is 11.5. The van der Waals surface area contributed by atoms with Crippen LogP contribution in [0.1, 0.15) is 10.4 Å². The molecule has 0 atom stereocenters. The molecule has 0 saturated carbocycles. The molecule has 18 heavy (non-hydrogen) atoms. The molecule has 5 nitrogen and oxygen atoms in total. The molecule has 0 spiro atoms. The Morgan fingerprint density at radius 1 is 1.28 bits per heavy atom. The summed E-state index contributed by atoms with van der Waals surface area (Å²) in [5, 5.41) is 3.61. The summed E-state index contributed by atoms with van der Waals surface area (Å²) in [4.78, 5) is 15.7. The Labute approximate surface area is 109 Å². The molecule has 1 amide bonds. The number of benzene rings is 1. The molecule has 6 heteroatoms. The average molecular weight is 263 g/mol. The fraction of sp³-hybridized carbons (Fsp3) is 0. The van der Waals surface area contributed by atoms with E-state index in [0.717, 1.165) is 5.69 Å². The van der Waals surface area contributed by atoms with Gasteiger partial charge in [0.2, 0.25) is 0 Å². The van der Waals surface area contributed by atoms with Gasteiger partial charge in [-0.3, -0.25) is 10.2 Å². The number of halogens is 1. The van der Waals surface area contributed by atoms with Gasteiger partial charge < -0.3 is 5.32 Å². The third-order valence-electron chi connectivity index (χ3n) is 2.27. The first-order valence-corrected chi connectivity index (χ1v) is 5.57. The molecule has 0 bridgehead atoms. The van der Waals surface area contributed by atoms with Gasteiger partial charge in [0.05, 0.1) is 5.56 Å². The molecule has 2 aromatic rings. The monoisotopic (exact) mass is 262 g/mol. The summed E-state index contributed by atoms with van der Waals surface area (Å²) in [7, 11) is 0. The molecule has 92 valence electrons. The van der Waals surface area contributed by atoms with E-state index in [-0.39, 0.29) is 0 Å². The SMILES string of the molecule is NNC(=O)c1cccnc1Nc1cccc(Cl)c1. The third-order valence-corrected chi connectivity index (χ3v) is 2.51. The van der Waals surface area contributed by atoms with Crippen LogP contribution in [0, 0.1) is 0 Å². The number of hydrogen-bond acceptors (Lipinski definition) is 4. The summed E-state index contributed by atoms with van der Waals surface area (Å²) in [6.45, 7) is 0. The molecule has 0 saturated heterocycles. The molecule has 0 fully saturated rings. The van der Waals surface area contributed by atoms with Crippen molar-refractivity contribution in [2.24, 2.45) is 5.84 Å². The van der Waals surface area contributed by atoms with Crippen LogP contribution in [0.3, 0.4) is 0 Å². The molecule has 0 unspecified atom stereocenters. The molecule has 0 aliphatic rings. The van der Waals surface area contributed by atoms with Crippen molar-refractivity contribution in [2.45, 2.75) is 0 Å². The second-order valence-corrected chi connectivity index (χ2v) is 3.94. The number of rotatable bonds is 3. The first kappa shape index (κ1) is 12.3. The van der Waals surface area contributed by atoms with Crippen LogP contribution in [0.15, 0.2) is 42.6 Å². The number of hydrogen-bond donors (Lipinski definition) is 3. The highest BCUT2D eigenvalue weighted by molar-refractivity contribution is 6.30. The number of pyridine rings is 1. The van der Waals surface area contributed by atoms with Crippen LogP contribution >= 0.6 is 11.6 Å². The summed E-state index contributed by atoms with van der Waals surface area (Å²) < 4.78 is 0. The molecule has 0 radical (unpaired) electrons. The van der Waals surface area contributed by atoms with Gasteiger partial charge in [0.1, 0.15) is 5.82 Å². The lowest BCUT2D eigenvalue weighted by Crippen LogP contribution is -2.30. The summed E-state index contributed by atoms with van der Waals surface area (Å²) in [6, 6.07) is 10.4. The fourth-order valence-electron chi connectivity index (χ4n) is 1.47. The maximum Gasteiger partial charge on any atom is 0.268 e. The van der Waals surface area contributed by atoms with Crippen molar-refractivity contribution in [3.63, 3.8) is 0 Å². The van der Waals surface area contributed by atoms with Crippen LogP contribution < -0.4 is 16.6 Å². The smallest absolute Gasteiger partial charge is 0.268 e. The largest absolute Gasteiger partial charge is 0.340 e. The van der Waals surface area contributed by atoms with E-state index in [1.807, 2.05) is 6.07 Å². The van der Waals surface area contributed by atoms with Gasteiger partial charge in [0, 0.05) is 16.9 Å². The number of anilines is 2. The molecular formula is C12H11ClN4O. The van der Waals surface area contributed by atoms with Gasteiger partial charge in [0.25, 0.3) is 5.91 Å². The van der Waals surface area contributed by atoms with Crippen LogP contribution in [0.2, 0.25) is 5.02 Å². The Bertz CT molecular complexity index is 574. The second kappa shape index (κ2) is 5.48.